The molecule has 1 rings (SSSR count). The molecule has 74 valence electrons. The van der Waals surface area contributed by atoms with Crippen molar-refractivity contribution < 1.29 is 4.74 Å². The zero-order valence-electron chi connectivity index (χ0n) is 8.55. The van der Waals surface area contributed by atoms with Gasteiger partial charge in [0.15, 0.2) is 0 Å². The minimum atomic E-state index is 0.836. The first kappa shape index (κ1) is 12.0. The summed E-state index contributed by atoms with van der Waals surface area (Å²) in [5.74, 6) is 0.953. The molecule has 0 bridgehead atoms. The number of hydrogen-bond donors (Lipinski definition) is 1. The quantitative estimate of drug-likeness (QED) is 0.710. The van der Waals surface area contributed by atoms with E-state index in [0.717, 1.165) is 25.2 Å². The topological polar surface area (TPSA) is 35.2 Å². The Morgan fingerprint density at radius 3 is 2.69 bits per heavy atom. The van der Waals surface area contributed by atoms with Crippen LogP contribution >= 0.6 is 0 Å². The summed E-state index contributed by atoms with van der Waals surface area (Å²) >= 11 is 0. The fourth-order valence-corrected chi connectivity index (χ4v) is 1.22. The van der Waals surface area contributed by atoms with Crippen LogP contribution in [0.2, 0.25) is 0 Å². The molecule has 2 nitrogen and oxygen atoms in total. The molecule has 0 aliphatic carbocycles. The Kier molecular flexibility index (Phi) is 7.02. The van der Waals surface area contributed by atoms with E-state index in [1.165, 1.54) is 12.6 Å². The molecule has 0 aromatic heterocycles. The fraction of sp³-hybridized carbons (Fsp3) is 0.455. The Morgan fingerprint density at radius 1 is 1.46 bits per heavy atom. The normalized spacial score (nSPS) is 16.2. The third kappa shape index (κ3) is 3.95. The molecule has 0 saturated carbocycles. The Morgan fingerprint density at radius 2 is 2.15 bits per heavy atom. The lowest BCUT2D eigenvalue weighted by Crippen LogP contribution is -2.03. The van der Waals surface area contributed by atoms with Crippen molar-refractivity contribution in [1.29, 1.82) is 0 Å². The monoisotopic (exact) mass is 181 g/mol. The molecule has 0 aromatic rings. The molecule has 1 aliphatic rings. The van der Waals surface area contributed by atoms with E-state index in [1.54, 1.807) is 6.08 Å². The Balaban J connectivity index is 0.000000671. The minimum absolute atomic E-state index is 0.836. The van der Waals surface area contributed by atoms with Crippen LogP contribution in [0.1, 0.15) is 19.8 Å². The van der Waals surface area contributed by atoms with Gasteiger partial charge in [0.25, 0.3) is 0 Å². The first-order valence-electron chi connectivity index (χ1n) is 4.57. The first-order valence-corrected chi connectivity index (χ1v) is 4.57. The third-order valence-electron chi connectivity index (χ3n) is 1.72. The molecule has 0 unspecified atom stereocenters. The summed E-state index contributed by atoms with van der Waals surface area (Å²) in [5.41, 5.74) is 5.77. The predicted molar refractivity (Wildman–Crippen MR) is 57.3 cm³/mol. The van der Waals surface area contributed by atoms with Crippen molar-refractivity contribution in [3.8, 4) is 0 Å². The summed E-state index contributed by atoms with van der Waals surface area (Å²) in [6, 6.07) is 0. The summed E-state index contributed by atoms with van der Waals surface area (Å²) in [4.78, 5) is 0. The van der Waals surface area contributed by atoms with Gasteiger partial charge in [-0.1, -0.05) is 18.7 Å². The molecule has 0 fully saturated rings. The lowest BCUT2D eigenvalue weighted by molar-refractivity contribution is 0.202. The highest BCUT2D eigenvalue weighted by Gasteiger charge is 2.07. The van der Waals surface area contributed by atoms with Gasteiger partial charge in [0.05, 0.1) is 6.61 Å². The van der Waals surface area contributed by atoms with Crippen LogP contribution in [0, 0.1) is 0 Å². The standard InChI is InChI=1S/C10H14O.CH5N/c1-3-6-9-7-5-8-11-10(9)4-2;1-2/h3-4,6H,2,5,7-8H2,1H3;2H2,1H3/b6-3-;. The molecule has 1 heterocycles. The number of nitrogens with two attached hydrogens (primary N) is 1. The molecule has 0 spiro atoms. The molecule has 0 aromatic carbocycles. The van der Waals surface area contributed by atoms with Crippen LogP contribution in [0.15, 0.2) is 36.1 Å². The highest BCUT2D eigenvalue weighted by molar-refractivity contribution is 5.29. The van der Waals surface area contributed by atoms with Crippen LogP contribution in [-0.4, -0.2) is 13.7 Å². The second-order valence-electron chi connectivity index (χ2n) is 2.55. The second kappa shape index (κ2) is 7.62. The third-order valence-corrected chi connectivity index (χ3v) is 1.72. The number of rotatable bonds is 2. The maximum Gasteiger partial charge on any atom is 0.121 e. The summed E-state index contributed by atoms with van der Waals surface area (Å²) < 4.78 is 5.40. The smallest absolute Gasteiger partial charge is 0.121 e. The van der Waals surface area contributed by atoms with Crippen molar-refractivity contribution in [2.75, 3.05) is 13.7 Å². The summed E-state index contributed by atoms with van der Waals surface area (Å²) in [6.45, 7) is 6.55. The lowest BCUT2D eigenvalue weighted by Gasteiger charge is -2.16. The lowest BCUT2D eigenvalue weighted by atomic mass is 10.1. The Hall–Kier alpha value is -1.02. The maximum absolute atomic E-state index is 5.40. The van der Waals surface area contributed by atoms with Gasteiger partial charge >= 0.3 is 0 Å². The van der Waals surface area contributed by atoms with Gasteiger partial charge < -0.3 is 10.5 Å². The van der Waals surface area contributed by atoms with Crippen LogP contribution in [0.4, 0.5) is 0 Å². The van der Waals surface area contributed by atoms with Crippen LogP contribution < -0.4 is 5.73 Å². The molecule has 1 aliphatic heterocycles. The van der Waals surface area contributed by atoms with Crippen molar-refractivity contribution >= 4 is 0 Å². The Labute approximate surface area is 80.8 Å². The predicted octanol–water partition coefficient (Wildman–Crippen LogP) is 2.39. The summed E-state index contributed by atoms with van der Waals surface area (Å²) in [5, 5.41) is 0. The molecule has 0 amide bonds. The molecule has 0 radical (unpaired) electrons. The van der Waals surface area contributed by atoms with Gasteiger partial charge in [-0.25, -0.2) is 0 Å². The van der Waals surface area contributed by atoms with E-state index in [2.05, 4.69) is 18.4 Å². The molecule has 13 heavy (non-hydrogen) atoms. The zero-order valence-corrected chi connectivity index (χ0v) is 8.55. The van der Waals surface area contributed by atoms with Gasteiger partial charge in [-0.05, 0) is 38.5 Å². The van der Waals surface area contributed by atoms with Crippen molar-refractivity contribution in [3.05, 3.63) is 36.1 Å². The van der Waals surface area contributed by atoms with Gasteiger partial charge in [-0.15, -0.1) is 0 Å². The first-order chi connectivity index (χ1) is 6.38. The number of ether oxygens (including phenoxy) is 1. The van der Waals surface area contributed by atoms with Gasteiger partial charge in [-0.3, -0.25) is 0 Å². The minimum Gasteiger partial charge on any atom is -0.493 e. The van der Waals surface area contributed by atoms with E-state index in [9.17, 15) is 0 Å². The number of allylic oxidation sites excluding steroid dienone is 4. The molecule has 2 N–H and O–H groups in total. The van der Waals surface area contributed by atoms with Gasteiger partial charge in [0.2, 0.25) is 0 Å². The molecular weight excluding hydrogens is 162 g/mol. The van der Waals surface area contributed by atoms with Crippen LogP contribution in [-0.2, 0) is 4.74 Å². The SMILES string of the molecule is C=CC1=C(/C=C\C)CCCO1.CN. The fourth-order valence-electron chi connectivity index (χ4n) is 1.22. The summed E-state index contributed by atoms with van der Waals surface area (Å²) in [7, 11) is 1.50. The average molecular weight is 181 g/mol. The Bertz CT molecular complexity index is 204. The maximum atomic E-state index is 5.40. The van der Waals surface area contributed by atoms with E-state index in [1.807, 2.05) is 13.0 Å². The van der Waals surface area contributed by atoms with Crippen molar-refractivity contribution in [3.63, 3.8) is 0 Å². The van der Waals surface area contributed by atoms with Crippen LogP contribution in [0.25, 0.3) is 0 Å². The van der Waals surface area contributed by atoms with E-state index in [-0.39, 0.29) is 0 Å². The van der Waals surface area contributed by atoms with E-state index in [0.29, 0.717) is 0 Å². The van der Waals surface area contributed by atoms with E-state index < -0.39 is 0 Å². The molecule has 0 saturated heterocycles. The zero-order chi connectivity index (χ0) is 10.1. The number of hydrogen-bond acceptors (Lipinski definition) is 2. The van der Waals surface area contributed by atoms with Crippen molar-refractivity contribution in [1.82, 2.24) is 0 Å². The highest BCUT2D eigenvalue weighted by atomic mass is 16.5. The van der Waals surface area contributed by atoms with Crippen molar-refractivity contribution in [2.45, 2.75) is 19.8 Å². The molecule has 0 atom stereocenters. The molecule has 2 heteroatoms. The average Bonchev–Trinajstić information content (AvgIpc) is 2.22. The van der Waals surface area contributed by atoms with Crippen LogP contribution in [0.5, 0.6) is 0 Å². The second-order valence-corrected chi connectivity index (χ2v) is 2.55. The highest BCUT2D eigenvalue weighted by Crippen LogP contribution is 2.20. The van der Waals surface area contributed by atoms with Gasteiger partial charge in [-0.2, -0.15) is 0 Å². The molecular formula is C11H19NO. The van der Waals surface area contributed by atoms with E-state index in [4.69, 9.17) is 4.74 Å². The van der Waals surface area contributed by atoms with Crippen molar-refractivity contribution in [2.24, 2.45) is 5.73 Å². The largest absolute Gasteiger partial charge is 0.493 e. The van der Waals surface area contributed by atoms with Gasteiger partial charge in [0.1, 0.15) is 5.76 Å². The van der Waals surface area contributed by atoms with E-state index >= 15 is 0 Å². The summed E-state index contributed by atoms with van der Waals surface area (Å²) in [6.07, 6.45) is 8.15. The van der Waals surface area contributed by atoms with Gasteiger partial charge in [0, 0.05) is 0 Å². The van der Waals surface area contributed by atoms with Crippen LogP contribution in [0.3, 0.4) is 0 Å².